The van der Waals surface area contributed by atoms with E-state index < -0.39 is 10.1 Å². The molecule has 106 valence electrons. The Hall–Kier alpha value is -0.0700. The Morgan fingerprint density at radius 2 is 1.70 bits per heavy atom. The summed E-state index contributed by atoms with van der Waals surface area (Å²) in [6.45, 7) is 0.647. The number of benzene rings is 1. The smallest absolute Gasteiger partial charge is 0.744 e. The van der Waals surface area contributed by atoms with E-state index in [1.54, 1.807) is 0 Å². The van der Waals surface area contributed by atoms with Gasteiger partial charge in [0, 0.05) is 0 Å². The van der Waals surface area contributed by atoms with E-state index in [1.165, 1.54) is 56.4 Å². The predicted molar refractivity (Wildman–Crippen MR) is 71.1 cm³/mol. The first-order chi connectivity index (χ1) is 9.05. The summed E-state index contributed by atoms with van der Waals surface area (Å²) in [6, 6.07) is 5.65. The van der Waals surface area contributed by atoms with Crippen molar-refractivity contribution in [2.75, 3.05) is 6.61 Å². The molecule has 1 fully saturated rings. The monoisotopic (exact) mass is 306 g/mol. The molecule has 0 amide bonds. The Kier molecular flexibility index (Phi) is 7.54. The molecule has 0 unspecified atom stereocenters. The van der Waals surface area contributed by atoms with Crippen LogP contribution in [0.15, 0.2) is 29.2 Å². The molecule has 0 spiro atoms. The van der Waals surface area contributed by atoms with E-state index in [2.05, 4.69) is 0 Å². The second-order valence-corrected chi connectivity index (χ2v) is 6.45. The van der Waals surface area contributed by atoms with Gasteiger partial charge in [0.05, 0.1) is 11.5 Å². The van der Waals surface area contributed by atoms with Crippen molar-refractivity contribution in [2.45, 2.75) is 43.4 Å². The summed E-state index contributed by atoms with van der Waals surface area (Å²) in [5.41, 5.74) is 0. The van der Waals surface area contributed by atoms with Crippen LogP contribution in [0.25, 0.3) is 0 Å². The first-order valence-electron chi connectivity index (χ1n) is 6.74. The fourth-order valence-electron chi connectivity index (χ4n) is 2.52. The average Bonchev–Trinajstić information content (AvgIpc) is 2.39. The minimum Gasteiger partial charge on any atom is -0.744 e. The third-order valence-corrected chi connectivity index (χ3v) is 4.48. The van der Waals surface area contributed by atoms with Gasteiger partial charge in [-0.25, -0.2) is 8.42 Å². The van der Waals surface area contributed by atoms with Crippen molar-refractivity contribution in [1.82, 2.24) is 0 Å². The van der Waals surface area contributed by atoms with Crippen molar-refractivity contribution in [3.8, 4) is 5.75 Å². The second-order valence-electron chi connectivity index (χ2n) is 5.07. The van der Waals surface area contributed by atoms with Gasteiger partial charge < -0.3 is 9.29 Å². The summed E-state index contributed by atoms with van der Waals surface area (Å²) in [4.78, 5) is -0.216. The van der Waals surface area contributed by atoms with Crippen LogP contribution in [0.2, 0.25) is 0 Å². The maximum absolute atomic E-state index is 10.8. The molecule has 6 heteroatoms. The maximum Gasteiger partial charge on any atom is 1.00 e. The van der Waals surface area contributed by atoms with E-state index in [-0.39, 0.29) is 34.5 Å². The fraction of sp³-hybridized carbons (Fsp3) is 0.571. The second kappa shape index (κ2) is 8.39. The van der Waals surface area contributed by atoms with Gasteiger partial charge in [0.15, 0.2) is 0 Å². The van der Waals surface area contributed by atoms with E-state index in [0.717, 1.165) is 12.3 Å². The molecule has 0 aromatic heterocycles. The molecule has 0 saturated heterocycles. The topological polar surface area (TPSA) is 66.4 Å². The number of ether oxygens (including phenoxy) is 1. The Bertz CT molecular complexity index is 492. The van der Waals surface area contributed by atoms with Crippen LogP contribution in [0.1, 0.15) is 38.5 Å². The van der Waals surface area contributed by atoms with Gasteiger partial charge in [-0.05, 0) is 36.6 Å². The van der Waals surface area contributed by atoms with Crippen LogP contribution in [0.5, 0.6) is 5.75 Å². The maximum atomic E-state index is 10.8. The van der Waals surface area contributed by atoms with E-state index in [1.807, 2.05) is 0 Å². The van der Waals surface area contributed by atoms with Crippen LogP contribution in [0.4, 0.5) is 0 Å². The molecule has 20 heavy (non-hydrogen) atoms. The van der Waals surface area contributed by atoms with Crippen LogP contribution in [0, 0.1) is 5.92 Å². The van der Waals surface area contributed by atoms with E-state index in [4.69, 9.17) is 4.74 Å². The number of rotatable bonds is 5. The van der Waals surface area contributed by atoms with Gasteiger partial charge in [-0.2, -0.15) is 0 Å². The fourth-order valence-corrected chi connectivity index (χ4v) is 2.99. The molecule has 0 radical (unpaired) electrons. The van der Waals surface area contributed by atoms with E-state index >= 15 is 0 Å². The Labute approximate surface area is 143 Å². The molecule has 0 atom stereocenters. The summed E-state index contributed by atoms with van der Waals surface area (Å²) < 4.78 is 37.9. The first-order valence-corrected chi connectivity index (χ1v) is 8.15. The van der Waals surface area contributed by atoms with Crippen molar-refractivity contribution in [3.63, 3.8) is 0 Å². The Morgan fingerprint density at radius 1 is 1.10 bits per heavy atom. The Balaban J connectivity index is 0.00000200. The van der Waals surface area contributed by atoms with Crippen molar-refractivity contribution < 1.29 is 47.3 Å². The molecule has 1 saturated carbocycles. The predicted octanol–water partition coefficient (Wildman–Crippen LogP) is -0.0561. The number of hydrogen-bond acceptors (Lipinski definition) is 4. The van der Waals surface area contributed by atoms with Crippen LogP contribution in [0.3, 0.4) is 0 Å². The van der Waals surface area contributed by atoms with Crippen LogP contribution >= 0.6 is 0 Å². The van der Waals surface area contributed by atoms with Crippen molar-refractivity contribution in [2.24, 2.45) is 5.92 Å². The van der Waals surface area contributed by atoms with Gasteiger partial charge in [0.2, 0.25) is 0 Å². The van der Waals surface area contributed by atoms with E-state index in [0.29, 0.717) is 12.4 Å². The molecule has 0 heterocycles. The van der Waals surface area contributed by atoms with Gasteiger partial charge in [-0.15, -0.1) is 0 Å². The Morgan fingerprint density at radius 3 is 2.25 bits per heavy atom. The van der Waals surface area contributed by atoms with Gasteiger partial charge in [-0.3, -0.25) is 0 Å². The summed E-state index contributed by atoms with van der Waals surface area (Å²) in [7, 11) is -4.36. The van der Waals surface area contributed by atoms with Crippen LogP contribution < -0.4 is 34.3 Å². The minimum atomic E-state index is -4.36. The van der Waals surface area contributed by atoms with Crippen LogP contribution in [-0.4, -0.2) is 19.6 Å². The largest absolute Gasteiger partial charge is 1.00 e. The van der Waals surface area contributed by atoms with Crippen LogP contribution in [-0.2, 0) is 10.1 Å². The molecular weight excluding hydrogens is 287 g/mol. The standard InChI is InChI=1S/C14H20O4S.Na/c15-19(16,17)14-8-6-13(7-9-14)18-11-10-12-4-2-1-3-5-12;/h6-9,12H,1-5,10-11H2,(H,15,16,17);/q;+1/p-1. The molecule has 0 N–H and O–H groups in total. The molecule has 1 aromatic rings. The molecule has 1 aliphatic rings. The quantitative estimate of drug-likeness (QED) is 0.565. The third kappa shape index (κ3) is 5.74. The van der Waals surface area contributed by atoms with Crippen molar-refractivity contribution >= 4 is 10.1 Å². The normalized spacial score (nSPS) is 16.4. The molecule has 1 aliphatic carbocycles. The summed E-state index contributed by atoms with van der Waals surface area (Å²) in [5, 5.41) is 0. The molecule has 0 aliphatic heterocycles. The third-order valence-electron chi connectivity index (χ3n) is 3.63. The van der Waals surface area contributed by atoms with Gasteiger partial charge >= 0.3 is 29.6 Å². The zero-order valence-corrected chi connectivity index (χ0v) is 14.7. The molecule has 4 nitrogen and oxygen atoms in total. The molecular formula is C14H19NaO4S. The molecule has 0 bridgehead atoms. The summed E-state index contributed by atoms with van der Waals surface area (Å²) in [5.74, 6) is 1.37. The molecule has 2 rings (SSSR count). The number of hydrogen-bond donors (Lipinski definition) is 0. The zero-order valence-electron chi connectivity index (χ0n) is 11.9. The zero-order chi connectivity index (χ0) is 13.7. The molecule has 1 aromatic carbocycles. The SMILES string of the molecule is O=S(=O)([O-])c1ccc(OCCC2CCCCC2)cc1.[Na+]. The first kappa shape index (κ1) is 18.0. The average molecular weight is 306 g/mol. The van der Waals surface area contributed by atoms with Crippen molar-refractivity contribution in [1.29, 1.82) is 0 Å². The van der Waals surface area contributed by atoms with Gasteiger partial charge in [0.25, 0.3) is 0 Å². The van der Waals surface area contributed by atoms with Gasteiger partial charge in [0.1, 0.15) is 15.9 Å². The summed E-state index contributed by atoms with van der Waals surface area (Å²) >= 11 is 0. The van der Waals surface area contributed by atoms with Crippen molar-refractivity contribution in [3.05, 3.63) is 24.3 Å². The van der Waals surface area contributed by atoms with E-state index in [9.17, 15) is 13.0 Å². The van der Waals surface area contributed by atoms with Gasteiger partial charge in [-0.1, -0.05) is 32.1 Å². The minimum absolute atomic E-state index is 0. The summed E-state index contributed by atoms with van der Waals surface area (Å²) in [6.07, 6.45) is 7.61.